The van der Waals surface area contributed by atoms with Gasteiger partial charge in [0.25, 0.3) is 0 Å². The zero-order chi connectivity index (χ0) is 11.6. The highest BCUT2D eigenvalue weighted by atomic mass is 32.2. The quantitative estimate of drug-likeness (QED) is 0.831. The van der Waals surface area contributed by atoms with Gasteiger partial charge in [-0.1, -0.05) is 0 Å². The number of nitrogens with one attached hydrogen (secondary N) is 1. The molecule has 2 atom stereocenters. The SMILES string of the molecule is O=S1(=O)CCC(NCC(O)c2ccsc2)C1. The van der Waals surface area contributed by atoms with Crippen molar-refractivity contribution in [2.24, 2.45) is 0 Å². The van der Waals surface area contributed by atoms with E-state index >= 15 is 0 Å². The van der Waals surface area contributed by atoms with Gasteiger partial charge in [0.2, 0.25) is 0 Å². The van der Waals surface area contributed by atoms with Crippen molar-refractivity contribution in [3.63, 3.8) is 0 Å². The minimum atomic E-state index is -2.84. The van der Waals surface area contributed by atoms with Crippen LogP contribution in [0, 0.1) is 0 Å². The van der Waals surface area contributed by atoms with Gasteiger partial charge in [0.1, 0.15) is 0 Å². The van der Waals surface area contributed by atoms with E-state index < -0.39 is 15.9 Å². The Balaban J connectivity index is 1.80. The molecule has 0 aliphatic carbocycles. The zero-order valence-electron chi connectivity index (χ0n) is 8.80. The van der Waals surface area contributed by atoms with Crippen molar-refractivity contribution in [3.05, 3.63) is 22.4 Å². The van der Waals surface area contributed by atoms with Crippen LogP contribution < -0.4 is 5.32 Å². The molecule has 1 aromatic rings. The fourth-order valence-corrected chi connectivity index (χ4v) is 4.23. The van der Waals surface area contributed by atoms with Gasteiger partial charge in [-0.05, 0) is 28.8 Å². The van der Waals surface area contributed by atoms with Gasteiger partial charge in [-0.25, -0.2) is 8.42 Å². The number of hydrogen-bond donors (Lipinski definition) is 2. The molecule has 2 N–H and O–H groups in total. The summed E-state index contributed by atoms with van der Waals surface area (Å²) in [5.74, 6) is 0.461. The Morgan fingerprint density at radius 1 is 1.62 bits per heavy atom. The molecular weight excluding hydrogens is 246 g/mol. The van der Waals surface area contributed by atoms with Crippen LogP contribution in [0.25, 0.3) is 0 Å². The molecule has 2 rings (SSSR count). The van der Waals surface area contributed by atoms with Gasteiger partial charge in [-0.3, -0.25) is 0 Å². The van der Waals surface area contributed by atoms with Gasteiger partial charge >= 0.3 is 0 Å². The molecular formula is C10H15NO3S2. The Hall–Kier alpha value is -0.430. The van der Waals surface area contributed by atoms with Crippen molar-refractivity contribution in [1.82, 2.24) is 5.32 Å². The maximum Gasteiger partial charge on any atom is 0.151 e. The molecule has 1 fully saturated rings. The predicted octanol–water partition coefficient (Wildman–Crippen LogP) is 0.558. The van der Waals surface area contributed by atoms with Crippen molar-refractivity contribution < 1.29 is 13.5 Å². The summed E-state index contributed by atoms with van der Waals surface area (Å²) in [6.45, 7) is 0.414. The first-order valence-electron chi connectivity index (χ1n) is 5.21. The molecule has 0 radical (unpaired) electrons. The molecule has 6 heteroatoms. The molecule has 1 aliphatic heterocycles. The average molecular weight is 261 g/mol. The highest BCUT2D eigenvalue weighted by Crippen LogP contribution is 2.17. The molecule has 0 saturated carbocycles. The van der Waals surface area contributed by atoms with Crippen LogP contribution in [0.1, 0.15) is 18.1 Å². The van der Waals surface area contributed by atoms with Crippen LogP contribution >= 0.6 is 11.3 Å². The highest BCUT2D eigenvalue weighted by Gasteiger charge is 2.27. The van der Waals surface area contributed by atoms with Crippen LogP contribution in [0.5, 0.6) is 0 Å². The van der Waals surface area contributed by atoms with Gasteiger partial charge in [0.15, 0.2) is 9.84 Å². The Morgan fingerprint density at radius 2 is 2.44 bits per heavy atom. The molecule has 1 aromatic heterocycles. The third-order valence-corrected chi connectivity index (χ3v) is 5.23. The van der Waals surface area contributed by atoms with Crippen molar-refractivity contribution in [3.8, 4) is 0 Å². The molecule has 4 nitrogen and oxygen atoms in total. The molecule has 2 heterocycles. The van der Waals surface area contributed by atoms with Crippen molar-refractivity contribution in [1.29, 1.82) is 0 Å². The number of sulfone groups is 1. The van der Waals surface area contributed by atoms with Gasteiger partial charge in [-0.2, -0.15) is 11.3 Å². The smallest absolute Gasteiger partial charge is 0.151 e. The largest absolute Gasteiger partial charge is 0.387 e. The van der Waals surface area contributed by atoms with E-state index in [0.717, 1.165) is 5.56 Å². The van der Waals surface area contributed by atoms with Gasteiger partial charge < -0.3 is 10.4 Å². The fraction of sp³-hybridized carbons (Fsp3) is 0.600. The van der Waals surface area contributed by atoms with Gasteiger partial charge in [0, 0.05) is 12.6 Å². The summed E-state index contributed by atoms with van der Waals surface area (Å²) in [7, 11) is -2.84. The lowest BCUT2D eigenvalue weighted by Crippen LogP contribution is -2.33. The second-order valence-electron chi connectivity index (χ2n) is 4.08. The molecule has 0 aromatic carbocycles. The van der Waals surface area contributed by atoms with Gasteiger partial charge in [-0.15, -0.1) is 0 Å². The topological polar surface area (TPSA) is 66.4 Å². The first kappa shape index (κ1) is 12.0. The van der Waals surface area contributed by atoms with E-state index in [2.05, 4.69) is 5.32 Å². The summed E-state index contributed by atoms with van der Waals surface area (Å²) < 4.78 is 22.4. The summed E-state index contributed by atoms with van der Waals surface area (Å²) in [5, 5.41) is 16.7. The van der Waals surface area contributed by atoms with Crippen LogP contribution in [-0.4, -0.2) is 37.6 Å². The minimum absolute atomic E-state index is 0.00159. The molecule has 0 bridgehead atoms. The van der Waals surface area contributed by atoms with Crippen LogP contribution in [0.4, 0.5) is 0 Å². The number of rotatable bonds is 4. The fourth-order valence-electron chi connectivity index (χ4n) is 1.82. The average Bonchev–Trinajstić information content (AvgIpc) is 2.83. The van der Waals surface area contributed by atoms with E-state index in [1.165, 1.54) is 0 Å². The Bertz CT molecular complexity index is 427. The monoisotopic (exact) mass is 261 g/mol. The summed E-state index contributed by atoms with van der Waals surface area (Å²) in [5.41, 5.74) is 0.887. The molecule has 1 aliphatic rings. The first-order valence-corrected chi connectivity index (χ1v) is 7.97. The third-order valence-electron chi connectivity index (χ3n) is 2.76. The van der Waals surface area contributed by atoms with Crippen molar-refractivity contribution in [2.45, 2.75) is 18.6 Å². The maximum atomic E-state index is 11.2. The number of thiophene rings is 1. The van der Waals surface area contributed by atoms with E-state index in [9.17, 15) is 13.5 Å². The second-order valence-corrected chi connectivity index (χ2v) is 7.09. The van der Waals surface area contributed by atoms with E-state index in [1.807, 2.05) is 16.8 Å². The van der Waals surface area contributed by atoms with E-state index in [4.69, 9.17) is 0 Å². The van der Waals surface area contributed by atoms with Crippen LogP contribution in [0.2, 0.25) is 0 Å². The normalized spacial score (nSPS) is 25.7. The van der Waals surface area contributed by atoms with Crippen molar-refractivity contribution in [2.75, 3.05) is 18.1 Å². The number of aliphatic hydroxyl groups excluding tert-OH is 1. The minimum Gasteiger partial charge on any atom is -0.387 e. The predicted molar refractivity (Wildman–Crippen MR) is 64.3 cm³/mol. The Morgan fingerprint density at radius 3 is 3.00 bits per heavy atom. The number of hydrogen-bond acceptors (Lipinski definition) is 5. The maximum absolute atomic E-state index is 11.2. The standard InChI is InChI=1S/C10H15NO3S2/c12-10(8-1-3-15-6-8)5-11-9-2-4-16(13,14)7-9/h1,3,6,9-12H,2,4-5,7H2. The molecule has 0 amide bonds. The second kappa shape index (κ2) is 4.83. The van der Waals surface area contributed by atoms with E-state index in [-0.39, 0.29) is 17.5 Å². The molecule has 16 heavy (non-hydrogen) atoms. The van der Waals surface area contributed by atoms with E-state index in [0.29, 0.717) is 13.0 Å². The molecule has 90 valence electrons. The summed E-state index contributed by atoms with van der Waals surface area (Å²) >= 11 is 1.54. The Labute approximate surface area is 99.2 Å². The number of aliphatic hydroxyl groups is 1. The first-order chi connectivity index (χ1) is 7.57. The molecule has 1 saturated heterocycles. The lowest BCUT2D eigenvalue weighted by molar-refractivity contribution is 0.171. The molecule has 2 unspecified atom stereocenters. The lowest BCUT2D eigenvalue weighted by Gasteiger charge is -2.14. The summed E-state index contributed by atoms with van der Waals surface area (Å²) in [4.78, 5) is 0. The van der Waals surface area contributed by atoms with Crippen molar-refractivity contribution >= 4 is 21.2 Å². The summed E-state index contributed by atoms with van der Waals surface area (Å²) in [6.07, 6.45) is 0.105. The van der Waals surface area contributed by atoms with Crippen LogP contribution in [-0.2, 0) is 9.84 Å². The highest BCUT2D eigenvalue weighted by molar-refractivity contribution is 7.91. The van der Waals surface area contributed by atoms with E-state index in [1.54, 1.807) is 11.3 Å². The summed E-state index contributed by atoms with van der Waals surface area (Å²) in [6, 6.07) is 1.88. The van der Waals surface area contributed by atoms with Gasteiger partial charge in [0.05, 0.1) is 17.6 Å². The lowest BCUT2D eigenvalue weighted by atomic mass is 10.2. The zero-order valence-corrected chi connectivity index (χ0v) is 10.4. The Kier molecular flexibility index (Phi) is 3.63. The third kappa shape index (κ3) is 3.04. The molecule has 0 spiro atoms. The van der Waals surface area contributed by atoms with Crippen LogP contribution in [0.3, 0.4) is 0 Å². The van der Waals surface area contributed by atoms with Crippen LogP contribution in [0.15, 0.2) is 16.8 Å².